The molecule has 2 fully saturated rings. The molecule has 4 heterocycles. The molecule has 3 N–H and O–H groups in total. The topological polar surface area (TPSA) is 76.8 Å². The average molecular weight is 440 g/mol. The molecule has 32 heavy (non-hydrogen) atoms. The molecule has 8 heteroatoms. The minimum Gasteiger partial charge on any atom is -0.353 e. The molecule has 2 bridgehead atoms. The third-order valence-corrected chi connectivity index (χ3v) is 7.59. The Morgan fingerprint density at radius 2 is 1.88 bits per heavy atom. The van der Waals surface area contributed by atoms with E-state index in [1.54, 1.807) is 13.8 Å². The Labute approximate surface area is 184 Å². The summed E-state index contributed by atoms with van der Waals surface area (Å²) in [7, 11) is 0. The van der Waals surface area contributed by atoms with Crippen molar-refractivity contribution in [3.05, 3.63) is 41.1 Å². The first-order valence-electron chi connectivity index (χ1n) is 11.3. The van der Waals surface area contributed by atoms with E-state index in [4.69, 9.17) is 0 Å². The SMILES string of the molecule is CC1(C)Cc2[nH]nc(-c3cc4ccc(C(=O)N5CC6CCC(C5)N6)cc4[nH]3)c2CC1(F)F. The molecule has 1 aliphatic carbocycles. The van der Waals surface area contributed by atoms with E-state index >= 15 is 0 Å². The lowest BCUT2D eigenvalue weighted by Gasteiger charge is -2.37. The van der Waals surface area contributed by atoms with E-state index in [-0.39, 0.29) is 18.7 Å². The number of alkyl halides is 2. The number of hydrogen-bond donors (Lipinski definition) is 3. The van der Waals surface area contributed by atoms with E-state index in [0.29, 0.717) is 34.6 Å². The van der Waals surface area contributed by atoms with Crippen molar-refractivity contribution in [1.82, 2.24) is 25.4 Å². The first-order valence-corrected chi connectivity index (χ1v) is 11.3. The van der Waals surface area contributed by atoms with E-state index in [1.807, 2.05) is 29.2 Å². The quantitative estimate of drug-likeness (QED) is 0.567. The van der Waals surface area contributed by atoms with Gasteiger partial charge in [0, 0.05) is 71.2 Å². The summed E-state index contributed by atoms with van der Waals surface area (Å²) < 4.78 is 29.4. The van der Waals surface area contributed by atoms with Crippen LogP contribution in [-0.2, 0) is 12.8 Å². The van der Waals surface area contributed by atoms with Crippen molar-refractivity contribution in [2.75, 3.05) is 13.1 Å². The summed E-state index contributed by atoms with van der Waals surface area (Å²) in [6.45, 7) is 4.68. The highest BCUT2D eigenvalue weighted by atomic mass is 19.3. The maximum atomic E-state index is 14.7. The Kier molecular flexibility index (Phi) is 4.13. The molecule has 3 aliphatic rings. The highest BCUT2D eigenvalue weighted by Crippen LogP contribution is 2.47. The van der Waals surface area contributed by atoms with E-state index in [0.717, 1.165) is 42.5 Å². The molecule has 2 saturated heterocycles. The first kappa shape index (κ1) is 19.9. The van der Waals surface area contributed by atoms with Crippen LogP contribution in [0, 0.1) is 5.41 Å². The highest BCUT2D eigenvalue weighted by molar-refractivity contribution is 5.99. The number of likely N-dealkylation sites (tertiary alicyclic amines) is 1. The molecule has 3 aromatic rings. The third-order valence-electron chi connectivity index (χ3n) is 7.59. The zero-order chi connectivity index (χ0) is 22.3. The number of hydrogen-bond acceptors (Lipinski definition) is 3. The van der Waals surface area contributed by atoms with Gasteiger partial charge < -0.3 is 15.2 Å². The van der Waals surface area contributed by atoms with Gasteiger partial charge in [0.25, 0.3) is 11.8 Å². The van der Waals surface area contributed by atoms with Crippen molar-refractivity contribution in [1.29, 1.82) is 0 Å². The number of aromatic amines is 2. The number of piperazine rings is 1. The van der Waals surface area contributed by atoms with Crippen molar-refractivity contribution in [3.8, 4) is 11.4 Å². The number of halogens is 2. The number of H-pyrrole nitrogens is 2. The second kappa shape index (κ2) is 6.63. The Balaban J connectivity index is 1.31. The number of rotatable bonds is 2. The number of carbonyl (C=O) groups is 1. The van der Waals surface area contributed by atoms with Crippen LogP contribution >= 0.6 is 0 Å². The molecule has 2 atom stereocenters. The predicted molar refractivity (Wildman–Crippen MR) is 118 cm³/mol. The van der Waals surface area contributed by atoms with Crippen molar-refractivity contribution in [2.45, 2.75) is 57.5 Å². The van der Waals surface area contributed by atoms with Crippen LogP contribution in [0.3, 0.4) is 0 Å². The van der Waals surface area contributed by atoms with Crippen molar-refractivity contribution in [2.24, 2.45) is 5.41 Å². The Hall–Kier alpha value is -2.74. The van der Waals surface area contributed by atoms with E-state index < -0.39 is 11.3 Å². The molecule has 0 radical (unpaired) electrons. The molecule has 168 valence electrons. The van der Waals surface area contributed by atoms with Gasteiger partial charge in [0.1, 0.15) is 5.69 Å². The zero-order valence-electron chi connectivity index (χ0n) is 18.3. The van der Waals surface area contributed by atoms with Crippen LogP contribution in [0.1, 0.15) is 48.3 Å². The van der Waals surface area contributed by atoms with Gasteiger partial charge in [0.05, 0.1) is 5.69 Å². The van der Waals surface area contributed by atoms with Gasteiger partial charge in [0.2, 0.25) is 0 Å². The first-order chi connectivity index (χ1) is 15.2. The maximum Gasteiger partial charge on any atom is 0.257 e. The fourth-order valence-corrected chi connectivity index (χ4v) is 5.53. The summed E-state index contributed by atoms with van der Waals surface area (Å²) in [6, 6.07) is 8.34. The van der Waals surface area contributed by atoms with Gasteiger partial charge >= 0.3 is 0 Å². The standard InChI is InChI=1S/C24H27F2N5O/c1-23(2)10-20-17(9-24(23,25)26)21(30-29-20)19-7-13-3-4-14(8-18(13)28-19)22(32)31-11-15-5-6-16(12-31)27-15/h3-4,7-8,15-16,27-28H,5-6,9-12H2,1-2H3,(H,29,30). The number of benzene rings is 1. The molecule has 2 aromatic heterocycles. The second-order valence-corrected chi connectivity index (χ2v) is 10.3. The minimum atomic E-state index is -2.80. The van der Waals surface area contributed by atoms with Crippen LogP contribution in [0.4, 0.5) is 8.78 Å². The van der Waals surface area contributed by atoms with Gasteiger partial charge in [-0.3, -0.25) is 9.89 Å². The van der Waals surface area contributed by atoms with Gasteiger partial charge in [-0.05, 0) is 31.0 Å². The van der Waals surface area contributed by atoms with E-state index in [2.05, 4.69) is 20.5 Å². The lowest BCUT2D eigenvalue weighted by molar-refractivity contribution is -0.111. The minimum absolute atomic E-state index is 0.0421. The number of fused-ring (bicyclic) bond motifs is 4. The van der Waals surface area contributed by atoms with E-state index in [9.17, 15) is 13.6 Å². The molecule has 6 rings (SSSR count). The van der Waals surface area contributed by atoms with Crippen LogP contribution < -0.4 is 5.32 Å². The van der Waals surface area contributed by atoms with Crippen LogP contribution in [0.25, 0.3) is 22.3 Å². The largest absolute Gasteiger partial charge is 0.353 e. The molecule has 6 nitrogen and oxygen atoms in total. The van der Waals surface area contributed by atoms with E-state index in [1.165, 1.54) is 0 Å². The van der Waals surface area contributed by atoms with Gasteiger partial charge in [-0.15, -0.1) is 0 Å². The predicted octanol–water partition coefficient (Wildman–Crippen LogP) is 3.89. The maximum absolute atomic E-state index is 14.7. The molecular formula is C24H27F2N5O. The Morgan fingerprint density at radius 3 is 2.62 bits per heavy atom. The summed E-state index contributed by atoms with van der Waals surface area (Å²) in [4.78, 5) is 18.4. The summed E-state index contributed by atoms with van der Waals surface area (Å²) in [5, 5.41) is 11.8. The van der Waals surface area contributed by atoms with Crippen LogP contribution in [0.15, 0.2) is 24.3 Å². The second-order valence-electron chi connectivity index (χ2n) is 10.3. The average Bonchev–Trinajstić information content (AvgIpc) is 3.42. The molecule has 1 aromatic carbocycles. The summed E-state index contributed by atoms with van der Waals surface area (Å²) in [5.41, 5.74) is 2.93. The molecular weight excluding hydrogens is 412 g/mol. The molecule has 0 spiro atoms. The summed E-state index contributed by atoms with van der Waals surface area (Å²) in [6.07, 6.45) is 2.18. The van der Waals surface area contributed by atoms with Crippen LogP contribution in [-0.4, -0.2) is 57.1 Å². The van der Waals surface area contributed by atoms with Gasteiger partial charge in [0.15, 0.2) is 0 Å². The Bertz CT molecular complexity index is 1210. The van der Waals surface area contributed by atoms with Crippen molar-refractivity contribution in [3.63, 3.8) is 0 Å². The number of amides is 1. The molecule has 0 saturated carbocycles. The lowest BCUT2D eigenvalue weighted by atomic mass is 9.73. The molecule has 1 amide bonds. The number of carbonyl (C=O) groups excluding carboxylic acids is 1. The fourth-order valence-electron chi connectivity index (χ4n) is 5.53. The monoisotopic (exact) mass is 439 g/mol. The Morgan fingerprint density at radius 1 is 1.12 bits per heavy atom. The lowest BCUT2D eigenvalue weighted by Crippen LogP contribution is -2.53. The molecule has 2 aliphatic heterocycles. The third kappa shape index (κ3) is 2.99. The van der Waals surface area contributed by atoms with Gasteiger partial charge in [-0.1, -0.05) is 19.9 Å². The van der Waals surface area contributed by atoms with Gasteiger partial charge in [-0.25, -0.2) is 8.78 Å². The van der Waals surface area contributed by atoms with Crippen LogP contribution in [0.5, 0.6) is 0 Å². The number of nitrogens with zero attached hydrogens (tertiary/aromatic N) is 2. The summed E-state index contributed by atoms with van der Waals surface area (Å²) in [5.74, 6) is -2.76. The summed E-state index contributed by atoms with van der Waals surface area (Å²) >= 11 is 0. The smallest absolute Gasteiger partial charge is 0.257 e. The fraction of sp³-hybridized carbons (Fsp3) is 0.500. The number of nitrogens with one attached hydrogen (secondary N) is 3. The van der Waals surface area contributed by atoms with Gasteiger partial charge in [-0.2, -0.15) is 5.10 Å². The van der Waals surface area contributed by atoms with Crippen molar-refractivity contribution < 1.29 is 13.6 Å². The molecule has 2 unspecified atom stereocenters. The van der Waals surface area contributed by atoms with Crippen molar-refractivity contribution >= 4 is 16.8 Å². The highest BCUT2D eigenvalue weighted by Gasteiger charge is 2.51. The zero-order valence-corrected chi connectivity index (χ0v) is 18.3. The number of aromatic nitrogens is 3. The normalized spacial score (nSPS) is 25.8. The van der Waals surface area contributed by atoms with Crippen LogP contribution in [0.2, 0.25) is 0 Å².